The molecule has 1 fully saturated rings. The molecule has 0 aliphatic carbocycles. The molecule has 0 atom stereocenters. The highest BCUT2D eigenvalue weighted by Crippen LogP contribution is 2.16. The summed E-state index contributed by atoms with van der Waals surface area (Å²) in [5, 5.41) is 0. The Kier molecular flexibility index (Phi) is 7.66. The van der Waals surface area contributed by atoms with Gasteiger partial charge in [0.2, 0.25) is 0 Å². The Balaban J connectivity index is 0.00000220. The van der Waals surface area contributed by atoms with Crippen molar-refractivity contribution >= 4 is 5.97 Å². The van der Waals surface area contributed by atoms with Crippen LogP contribution in [0, 0.1) is 6.92 Å². The number of benzene rings is 1. The van der Waals surface area contributed by atoms with Gasteiger partial charge in [-0.3, -0.25) is 0 Å². The Labute approximate surface area is 145 Å². The largest absolute Gasteiger partial charge is 1.00 e. The molecule has 1 aliphatic rings. The van der Waals surface area contributed by atoms with Gasteiger partial charge in [0.05, 0.1) is 26.7 Å². The maximum atomic E-state index is 11.8. The molecule has 1 aromatic rings. The summed E-state index contributed by atoms with van der Waals surface area (Å²) in [5.74, 6) is -0.0432. The van der Waals surface area contributed by atoms with Gasteiger partial charge in [0.1, 0.15) is 0 Å². The topological polar surface area (TPSA) is 26.3 Å². The standard InChI is InChI=1S/C17H26NO2.HI/c1-15-7-9-16(10-8-15)6-5-13-20-17(19)14-18(2)11-3-4-12-18;/h7-10H,3-6,11-14H2,1-2H3;1H/q+1;/p-1. The number of ether oxygens (including phenoxy) is 1. The third kappa shape index (κ3) is 6.34. The molecule has 2 rings (SSSR count). The molecule has 3 nitrogen and oxygen atoms in total. The average Bonchev–Trinajstić information content (AvgIpc) is 2.83. The quantitative estimate of drug-likeness (QED) is 0.283. The van der Waals surface area contributed by atoms with E-state index in [1.165, 1.54) is 24.0 Å². The lowest BCUT2D eigenvalue weighted by atomic mass is 10.1. The van der Waals surface area contributed by atoms with Crippen LogP contribution in [0.2, 0.25) is 0 Å². The number of quaternary nitrogens is 1. The van der Waals surface area contributed by atoms with Crippen molar-refractivity contribution in [1.82, 2.24) is 0 Å². The second kappa shape index (κ2) is 8.73. The lowest BCUT2D eigenvalue weighted by Crippen LogP contribution is -3.00. The van der Waals surface area contributed by atoms with Crippen molar-refractivity contribution in [3.8, 4) is 0 Å². The smallest absolute Gasteiger partial charge is 0.361 e. The highest BCUT2D eigenvalue weighted by Gasteiger charge is 2.30. The van der Waals surface area contributed by atoms with E-state index in [1.807, 2.05) is 0 Å². The highest BCUT2D eigenvalue weighted by atomic mass is 127. The molecule has 0 unspecified atom stereocenters. The van der Waals surface area contributed by atoms with Gasteiger partial charge in [0.15, 0.2) is 6.54 Å². The maximum Gasteiger partial charge on any atom is 0.361 e. The number of rotatable bonds is 6. The van der Waals surface area contributed by atoms with Gasteiger partial charge < -0.3 is 33.2 Å². The minimum atomic E-state index is -0.0432. The first-order valence-corrected chi connectivity index (χ1v) is 7.62. The molecular formula is C17H26INO2. The molecule has 1 aliphatic heterocycles. The summed E-state index contributed by atoms with van der Waals surface area (Å²) in [5.41, 5.74) is 2.59. The number of hydrogen-bond acceptors (Lipinski definition) is 2. The van der Waals surface area contributed by atoms with E-state index in [0.717, 1.165) is 30.4 Å². The average molecular weight is 403 g/mol. The molecule has 0 spiro atoms. The van der Waals surface area contributed by atoms with E-state index < -0.39 is 0 Å². The fourth-order valence-electron chi connectivity index (χ4n) is 2.83. The normalized spacial score (nSPS) is 16.3. The van der Waals surface area contributed by atoms with Gasteiger partial charge in [-0.2, -0.15) is 0 Å². The molecule has 0 radical (unpaired) electrons. The van der Waals surface area contributed by atoms with Crippen LogP contribution >= 0.6 is 0 Å². The second-order valence-electron chi connectivity index (χ2n) is 6.24. The SMILES string of the molecule is Cc1ccc(CCCOC(=O)C[N+]2(C)CCCC2)cc1.[I-]. The van der Waals surface area contributed by atoms with E-state index >= 15 is 0 Å². The second-order valence-corrected chi connectivity index (χ2v) is 6.24. The molecule has 21 heavy (non-hydrogen) atoms. The van der Waals surface area contributed by atoms with Gasteiger partial charge in [0, 0.05) is 12.8 Å². The summed E-state index contributed by atoms with van der Waals surface area (Å²) >= 11 is 0. The van der Waals surface area contributed by atoms with Crippen molar-refractivity contribution in [3.63, 3.8) is 0 Å². The lowest BCUT2D eigenvalue weighted by Gasteiger charge is -2.27. The van der Waals surface area contributed by atoms with Gasteiger partial charge in [0.25, 0.3) is 0 Å². The molecule has 0 N–H and O–H groups in total. The summed E-state index contributed by atoms with van der Waals surface area (Å²) < 4.78 is 6.22. The van der Waals surface area contributed by atoms with Gasteiger partial charge in [-0.05, 0) is 25.3 Å². The van der Waals surface area contributed by atoms with Crippen molar-refractivity contribution in [3.05, 3.63) is 35.4 Å². The number of likely N-dealkylation sites (N-methyl/N-ethyl adjacent to an activating group) is 1. The van der Waals surface area contributed by atoms with E-state index in [1.54, 1.807) is 0 Å². The number of aryl methyl sites for hydroxylation is 2. The van der Waals surface area contributed by atoms with Gasteiger partial charge in [-0.15, -0.1) is 0 Å². The Morgan fingerprint density at radius 2 is 1.81 bits per heavy atom. The summed E-state index contributed by atoms with van der Waals surface area (Å²) in [6.45, 7) is 5.38. The third-order valence-electron chi connectivity index (χ3n) is 4.15. The molecule has 0 amide bonds. The first-order chi connectivity index (χ1) is 9.57. The number of nitrogens with zero attached hydrogens (tertiary/aromatic N) is 1. The summed E-state index contributed by atoms with van der Waals surface area (Å²) in [4.78, 5) is 11.8. The zero-order chi connectivity index (χ0) is 14.4. The number of likely N-dealkylation sites (tertiary alicyclic amines) is 1. The van der Waals surface area contributed by atoms with Gasteiger partial charge >= 0.3 is 5.97 Å². The van der Waals surface area contributed by atoms with Crippen LogP contribution in [-0.2, 0) is 16.0 Å². The Hall–Kier alpha value is -0.620. The van der Waals surface area contributed by atoms with Crippen LogP contribution in [-0.4, -0.2) is 43.7 Å². The molecule has 1 saturated heterocycles. The summed E-state index contributed by atoms with van der Waals surface area (Å²) in [7, 11) is 2.15. The predicted octanol–water partition coefficient (Wildman–Crippen LogP) is -0.285. The Bertz CT molecular complexity index is 439. The van der Waals surface area contributed by atoms with Crippen molar-refractivity contribution in [1.29, 1.82) is 0 Å². The molecule has 1 heterocycles. The van der Waals surface area contributed by atoms with E-state index in [-0.39, 0.29) is 29.9 Å². The number of hydrogen-bond donors (Lipinski definition) is 0. The first-order valence-electron chi connectivity index (χ1n) is 7.62. The van der Waals surface area contributed by atoms with E-state index in [0.29, 0.717) is 13.2 Å². The van der Waals surface area contributed by atoms with Crippen LogP contribution in [0.15, 0.2) is 24.3 Å². The monoisotopic (exact) mass is 403 g/mol. The third-order valence-corrected chi connectivity index (χ3v) is 4.15. The van der Waals surface area contributed by atoms with Crippen molar-refractivity contribution in [2.45, 2.75) is 32.6 Å². The molecule has 0 saturated carbocycles. The van der Waals surface area contributed by atoms with Crippen LogP contribution in [0.25, 0.3) is 0 Å². The zero-order valence-corrected chi connectivity index (χ0v) is 15.3. The number of esters is 1. The van der Waals surface area contributed by atoms with Crippen molar-refractivity contribution in [2.75, 3.05) is 33.3 Å². The molecule has 4 heteroatoms. The van der Waals surface area contributed by atoms with E-state index in [9.17, 15) is 4.79 Å². The molecule has 118 valence electrons. The van der Waals surface area contributed by atoms with Crippen LogP contribution in [0.1, 0.15) is 30.4 Å². The van der Waals surface area contributed by atoms with Crippen LogP contribution in [0.4, 0.5) is 0 Å². The van der Waals surface area contributed by atoms with Crippen LogP contribution < -0.4 is 24.0 Å². The van der Waals surface area contributed by atoms with Crippen molar-refractivity contribution < 1.29 is 38.0 Å². The van der Waals surface area contributed by atoms with Crippen molar-refractivity contribution in [2.24, 2.45) is 0 Å². The Morgan fingerprint density at radius 3 is 2.43 bits per heavy atom. The molecule has 0 aromatic heterocycles. The minimum Gasteiger partial charge on any atom is -1.00 e. The fourth-order valence-corrected chi connectivity index (χ4v) is 2.83. The molecular weight excluding hydrogens is 377 g/mol. The lowest BCUT2D eigenvalue weighted by molar-refractivity contribution is -0.890. The van der Waals surface area contributed by atoms with E-state index in [2.05, 4.69) is 38.2 Å². The van der Waals surface area contributed by atoms with Gasteiger partial charge in [-0.1, -0.05) is 29.8 Å². The first kappa shape index (κ1) is 18.4. The minimum absolute atomic E-state index is 0. The highest BCUT2D eigenvalue weighted by molar-refractivity contribution is 5.70. The molecule has 0 bridgehead atoms. The van der Waals surface area contributed by atoms with Crippen LogP contribution in [0.5, 0.6) is 0 Å². The summed E-state index contributed by atoms with van der Waals surface area (Å²) in [6, 6.07) is 8.54. The van der Waals surface area contributed by atoms with Gasteiger partial charge in [-0.25, -0.2) is 4.79 Å². The summed E-state index contributed by atoms with van der Waals surface area (Å²) in [6.07, 6.45) is 4.34. The number of carbonyl (C=O) groups is 1. The number of carbonyl (C=O) groups excluding carboxylic acids is 1. The fraction of sp³-hybridized carbons (Fsp3) is 0.588. The predicted molar refractivity (Wildman–Crippen MR) is 80.5 cm³/mol. The van der Waals surface area contributed by atoms with Crippen LogP contribution in [0.3, 0.4) is 0 Å². The zero-order valence-electron chi connectivity index (χ0n) is 13.1. The maximum absolute atomic E-state index is 11.8. The Morgan fingerprint density at radius 1 is 1.19 bits per heavy atom. The number of halogens is 1. The molecule has 1 aromatic carbocycles. The van der Waals surface area contributed by atoms with E-state index in [4.69, 9.17) is 4.74 Å².